The van der Waals surface area contributed by atoms with Gasteiger partial charge in [0.2, 0.25) is 5.88 Å². The molecule has 0 spiro atoms. The number of aromatic nitrogens is 1. The van der Waals surface area contributed by atoms with E-state index in [1.165, 1.54) is 0 Å². The summed E-state index contributed by atoms with van der Waals surface area (Å²) in [6.07, 6.45) is 1.22. The Morgan fingerprint density at radius 2 is 2.40 bits per heavy atom. The Hall–Kier alpha value is -1.33. The summed E-state index contributed by atoms with van der Waals surface area (Å²) < 4.78 is 10.1. The molecule has 1 aliphatic heterocycles. The highest BCUT2D eigenvalue weighted by molar-refractivity contribution is 5.43. The van der Waals surface area contributed by atoms with E-state index in [4.69, 9.17) is 9.47 Å². The summed E-state index contributed by atoms with van der Waals surface area (Å²) in [5.74, 6) is 0.573. The predicted molar refractivity (Wildman–Crippen MR) is 55.0 cm³/mol. The van der Waals surface area contributed by atoms with Gasteiger partial charge in [0, 0.05) is 6.07 Å². The summed E-state index contributed by atoms with van der Waals surface area (Å²) in [5.41, 5.74) is 0.852. The fraction of sp³-hybridized carbons (Fsp3) is 0.500. The van der Waals surface area contributed by atoms with Gasteiger partial charge in [-0.2, -0.15) is 0 Å². The van der Waals surface area contributed by atoms with Gasteiger partial charge >= 0.3 is 0 Å². The normalized spacial score (nSPS) is 25.2. The van der Waals surface area contributed by atoms with Crippen molar-refractivity contribution in [2.24, 2.45) is 0 Å². The molecule has 0 aromatic carbocycles. The molecule has 2 atom stereocenters. The van der Waals surface area contributed by atoms with Crippen LogP contribution in [0.3, 0.4) is 0 Å². The van der Waals surface area contributed by atoms with Crippen molar-refractivity contribution in [2.75, 3.05) is 25.6 Å². The molecule has 0 radical (unpaired) electrons. The lowest BCUT2D eigenvalue weighted by Gasteiger charge is -2.15. The molecule has 1 aliphatic rings. The summed E-state index contributed by atoms with van der Waals surface area (Å²) in [7, 11) is 1.57. The molecule has 2 heterocycles. The van der Waals surface area contributed by atoms with Gasteiger partial charge < -0.3 is 19.9 Å². The van der Waals surface area contributed by atoms with Crippen LogP contribution < -0.4 is 10.1 Å². The van der Waals surface area contributed by atoms with E-state index in [-0.39, 0.29) is 6.04 Å². The highest BCUT2D eigenvalue weighted by atomic mass is 16.5. The molecule has 0 bridgehead atoms. The van der Waals surface area contributed by atoms with Crippen molar-refractivity contribution < 1.29 is 14.6 Å². The maximum absolute atomic E-state index is 9.52. The lowest BCUT2D eigenvalue weighted by atomic mass is 10.2. The lowest BCUT2D eigenvalue weighted by molar-refractivity contribution is 0.125. The summed E-state index contributed by atoms with van der Waals surface area (Å²) in [6.45, 7) is 0.911. The van der Waals surface area contributed by atoms with Crippen LogP contribution in [-0.4, -0.2) is 42.6 Å². The van der Waals surface area contributed by atoms with Crippen LogP contribution in [0.4, 0.5) is 5.69 Å². The molecule has 0 amide bonds. The summed E-state index contributed by atoms with van der Waals surface area (Å²) >= 11 is 0. The molecule has 15 heavy (non-hydrogen) atoms. The van der Waals surface area contributed by atoms with E-state index >= 15 is 0 Å². The quantitative estimate of drug-likeness (QED) is 0.749. The number of nitrogens with one attached hydrogen (secondary N) is 1. The van der Waals surface area contributed by atoms with Crippen LogP contribution in [0, 0.1) is 0 Å². The third-order valence-corrected chi connectivity index (χ3v) is 2.35. The molecule has 1 aromatic heterocycles. The second-order valence-corrected chi connectivity index (χ2v) is 3.44. The van der Waals surface area contributed by atoms with Crippen molar-refractivity contribution in [3.63, 3.8) is 0 Å². The predicted octanol–water partition coefficient (Wildman–Crippen LogP) is 0.262. The number of ether oxygens (including phenoxy) is 2. The SMILES string of the molecule is COc1ccc(NC2COCC2O)cn1. The second kappa shape index (κ2) is 4.46. The van der Waals surface area contributed by atoms with Gasteiger partial charge in [0.15, 0.2) is 0 Å². The Morgan fingerprint density at radius 3 is 2.93 bits per heavy atom. The fourth-order valence-electron chi connectivity index (χ4n) is 1.48. The van der Waals surface area contributed by atoms with Crippen molar-refractivity contribution in [3.05, 3.63) is 18.3 Å². The molecular weight excluding hydrogens is 196 g/mol. The Balaban J connectivity index is 1.98. The van der Waals surface area contributed by atoms with Gasteiger partial charge in [0.05, 0.1) is 44.4 Å². The third-order valence-electron chi connectivity index (χ3n) is 2.35. The number of hydrogen-bond acceptors (Lipinski definition) is 5. The molecule has 1 aromatic rings. The van der Waals surface area contributed by atoms with Crippen LogP contribution in [0.25, 0.3) is 0 Å². The van der Waals surface area contributed by atoms with Crippen molar-refractivity contribution >= 4 is 5.69 Å². The van der Waals surface area contributed by atoms with Crippen LogP contribution in [0.2, 0.25) is 0 Å². The molecule has 5 heteroatoms. The average Bonchev–Trinajstić information content (AvgIpc) is 2.66. The fourth-order valence-corrected chi connectivity index (χ4v) is 1.48. The van der Waals surface area contributed by atoms with Gasteiger partial charge in [0.1, 0.15) is 0 Å². The van der Waals surface area contributed by atoms with Crippen molar-refractivity contribution in [1.29, 1.82) is 0 Å². The molecule has 0 saturated carbocycles. The van der Waals surface area contributed by atoms with Crippen LogP contribution >= 0.6 is 0 Å². The maximum Gasteiger partial charge on any atom is 0.213 e. The van der Waals surface area contributed by atoms with E-state index in [9.17, 15) is 5.11 Å². The van der Waals surface area contributed by atoms with Crippen molar-refractivity contribution in [1.82, 2.24) is 4.98 Å². The van der Waals surface area contributed by atoms with Gasteiger partial charge in [-0.25, -0.2) is 4.98 Å². The van der Waals surface area contributed by atoms with Crippen LogP contribution in [-0.2, 0) is 4.74 Å². The van der Waals surface area contributed by atoms with E-state index in [2.05, 4.69) is 10.3 Å². The molecule has 2 rings (SSSR count). The smallest absolute Gasteiger partial charge is 0.213 e. The molecule has 1 fully saturated rings. The first kappa shape index (κ1) is 10.2. The molecule has 2 unspecified atom stereocenters. The van der Waals surface area contributed by atoms with Crippen molar-refractivity contribution in [3.8, 4) is 5.88 Å². The Morgan fingerprint density at radius 1 is 1.53 bits per heavy atom. The van der Waals surface area contributed by atoms with Gasteiger partial charge in [-0.3, -0.25) is 0 Å². The molecular formula is C10H14N2O3. The van der Waals surface area contributed by atoms with Gasteiger partial charge in [-0.05, 0) is 6.07 Å². The third kappa shape index (κ3) is 2.37. The number of methoxy groups -OCH3 is 1. The minimum Gasteiger partial charge on any atom is -0.481 e. The highest BCUT2D eigenvalue weighted by Gasteiger charge is 2.25. The summed E-state index contributed by atoms with van der Waals surface area (Å²) in [4.78, 5) is 4.06. The van der Waals surface area contributed by atoms with E-state index in [1.54, 1.807) is 19.4 Å². The zero-order valence-corrected chi connectivity index (χ0v) is 8.51. The number of rotatable bonds is 3. The number of nitrogens with zero attached hydrogens (tertiary/aromatic N) is 1. The zero-order chi connectivity index (χ0) is 10.7. The van der Waals surface area contributed by atoms with Crippen molar-refractivity contribution in [2.45, 2.75) is 12.1 Å². The van der Waals surface area contributed by atoms with E-state index in [0.29, 0.717) is 19.1 Å². The van der Waals surface area contributed by atoms with Gasteiger partial charge in [0.25, 0.3) is 0 Å². The maximum atomic E-state index is 9.52. The first-order valence-electron chi connectivity index (χ1n) is 4.82. The standard InChI is InChI=1S/C10H14N2O3/c1-14-10-3-2-7(4-11-10)12-8-5-15-6-9(8)13/h2-4,8-9,12-13H,5-6H2,1H3. The minimum atomic E-state index is -0.452. The second-order valence-electron chi connectivity index (χ2n) is 3.44. The van der Waals surface area contributed by atoms with Crippen LogP contribution in [0.15, 0.2) is 18.3 Å². The monoisotopic (exact) mass is 210 g/mol. The molecule has 5 nitrogen and oxygen atoms in total. The largest absolute Gasteiger partial charge is 0.481 e. The van der Waals surface area contributed by atoms with Gasteiger partial charge in [-0.1, -0.05) is 0 Å². The van der Waals surface area contributed by atoms with Crippen LogP contribution in [0.1, 0.15) is 0 Å². The zero-order valence-electron chi connectivity index (χ0n) is 8.51. The minimum absolute atomic E-state index is 0.0554. The van der Waals surface area contributed by atoms with E-state index < -0.39 is 6.10 Å². The topological polar surface area (TPSA) is 63.6 Å². The first-order valence-corrected chi connectivity index (χ1v) is 4.82. The Labute approximate surface area is 88.0 Å². The first-order chi connectivity index (χ1) is 7.29. The molecule has 0 aliphatic carbocycles. The number of aliphatic hydroxyl groups excluding tert-OH is 1. The lowest BCUT2D eigenvalue weighted by Crippen LogP contribution is -2.31. The van der Waals surface area contributed by atoms with E-state index in [1.807, 2.05) is 6.07 Å². The number of aliphatic hydroxyl groups is 1. The number of hydrogen-bond donors (Lipinski definition) is 2. The van der Waals surface area contributed by atoms with Gasteiger partial charge in [-0.15, -0.1) is 0 Å². The Kier molecular flexibility index (Phi) is 3.03. The molecule has 1 saturated heterocycles. The number of pyridine rings is 1. The average molecular weight is 210 g/mol. The summed E-state index contributed by atoms with van der Waals surface area (Å²) in [6, 6.07) is 3.57. The van der Waals surface area contributed by atoms with E-state index in [0.717, 1.165) is 5.69 Å². The summed E-state index contributed by atoms with van der Waals surface area (Å²) in [5, 5.41) is 12.7. The Bertz CT molecular complexity index is 315. The number of anilines is 1. The van der Waals surface area contributed by atoms with Crippen LogP contribution in [0.5, 0.6) is 5.88 Å². The molecule has 2 N–H and O–H groups in total. The molecule has 82 valence electrons. The highest BCUT2D eigenvalue weighted by Crippen LogP contribution is 2.15.